The van der Waals surface area contributed by atoms with Crippen molar-refractivity contribution in [1.29, 1.82) is 0 Å². The third-order valence-electron chi connectivity index (χ3n) is 8.95. The summed E-state index contributed by atoms with van der Waals surface area (Å²) in [5, 5.41) is 9.42. The fourth-order valence-electron chi connectivity index (χ4n) is 6.57. The molecule has 232 valence electrons. The van der Waals surface area contributed by atoms with E-state index in [0.29, 0.717) is 41.7 Å². The predicted octanol–water partition coefficient (Wildman–Crippen LogP) is 5.01. The van der Waals surface area contributed by atoms with Crippen LogP contribution in [-0.2, 0) is 16.8 Å². The molecule has 2 saturated heterocycles. The molecule has 1 saturated carbocycles. The van der Waals surface area contributed by atoms with Gasteiger partial charge >= 0.3 is 6.03 Å². The SMILES string of the molecule is CCn1nccc1C(=O)N[C@H](c1nc2cc(C3(N4CC(F)(F)CNC4=O)CCOCC3)ccc2o1)C1CCC(F)(F)CC1. The fourth-order valence-corrected chi connectivity index (χ4v) is 6.57. The van der Waals surface area contributed by atoms with E-state index in [1.54, 1.807) is 24.3 Å². The van der Waals surface area contributed by atoms with Crippen molar-refractivity contribution in [3.63, 3.8) is 0 Å². The number of benzene rings is 1. The highest BCUT2D eigenvalue weighted by Gasteiger charge is 2.50. The van der Waals surface area contributed by atoms with E-state index >= 15 is 0 Å². The summed E-state index contributed by atoms with van der Waals surface area (Å²) in [4.78, 5) is 32.1. The first-order chi connectivity index (χ1) is 20.5. The summed E-state index contributed by atoms with van der Waals surface area (Å²) in [7, 11) is 0. The van der Waals surface area contributed by atoms with Crippen molar-refractivity contribution in [2.24, 2.45) is 5.92 Å². The number of alkyl halides is 4. The summed E-state index contributed by atoms with van der Waals surface area (Å²) >= 11 is 0. The van der Waals surface area contributed by atoms with Gasteiger partial charge in [0.05, 0.1) is 18.6 Å². The van der Waals surface area contributed by atoms with Crippen LogP contribution in [0, 0.1) is 5.92 Å². The van der Waals surface area contributed by atoms with Gasteiger partial charge in [0.25, 0.3) is 11.8 Å². The van der Waals surface area contributed by atoms with Crippen LogP contribution in [0.1, 0.15) is 73.4 Å². The van der Waals surface area contributed by atoms with Crippen LogP contribution in [0.25, 0.3) is 11.1 Å². The van der Waals surface area contributed by atoms with Gasteiger partial charge < -0.3 is 24.7 Å². The molecule has 0 bridgehead atoms. The molecule has 1 aliphatic carbocycles. The van der Waals surface area contributed by atoms with Crippen LogP contribution in [0.4, 0.5) is 22.4 Å². The van der Waals surface area contributed by atoms with E-state index in [2.05, 4.69) is 15.7 Å². The topological polar surface area (TPSA) is 115 Å². The number of nitrogens with one attached hydrogen (secondary N) is 2. The Balaban J connectivity index is 1.36. The molecular weight excluding hydrogens is 572 g/mol. The lowest BCUT2D eigenvalue weighted by Crippen LogP contribution is -2.64. The summed E-state index contributed by atoms with van der Waals surface area (Å²) in [5.74, 6) is -6.48. The number of urea groups is 1. The van der Waals surface area contributed by atoms with E-state index < -0.39 is 48.5 Å². The number of hydrogen-bond donors (Lipinski definition) is 2. The monoisotopic (exact) mass is 606 g/mol. The number of aryl methyl sites for hydroxylation is 1. The minimum atomic E-state index is -3.10. The fraction of sp³-hybridized carbons (Fsp3) is 0.586. The highest BCUT2D eigenvalue weighted by Crippen LogP contribution is 2.44. The van der Waals surface area contributed by atoms with Crippen LogP contribution in [-0.4, -0.2) is 69.8 Å². The molecule has 14 heteroatoms. The van der Waals surface area contributed by atoms with E-state index in [1.165, 1.54) is 15.8 Å². The summed E-state index contributed by atoms with van der Waals surface area (Å²) < 4.78 is 70.3. The second-order valence-electron chi connectivity index (χ2n) is 11.7. The second kappa shape index (κ2) is 11.1. The number of halogens is 4. The van der Waals surface area contributed by atoms with E-state index in [1.807, 2.05) is 6.92 Å². The maximum Gasteiger partial charge on any atom is 0.318 e. The number of carbonyl (C=O) groups is 2. The van der Waals surface area contributed by atoms with Crippen molar-refractivity contribution in [3.8, 4) is 0 Å². The van der Waals surface area contributed by atoms with E-state index in [9.17, 15) is 27.2 Å². The molecule has 3 fully saturated rings. The minimum absolute atomic E-state index is 0.163. The zero-order valence-corrected chi connectivity index (χ0v) is 23.8. The lowest BCUT2D eigenvalue weighted by atomic mass is 9.80. The summed E-state index contributed by atoms with van der Waals surface area (Å²) in [6.45, 7) is 1.44. The van der Waals surface area contributed by atoms with E-state index in [-0.39, 0.29) is 50.7 Å². The largest absolute Gasteiger partial charge is 0.438 e. The van der Waals surface area contributed by atoms with Gasteiger partial charge in [0.15, 0.2) is 5.58 Å². The van der Waals surface area contributed by atoms with Crippen molar-refractivity contribution < 1.29 is 36.3 Å². The van der Waals surface area contributed by atoms with Crippen molar-refractivity contribution in [2.45, 2.75) is 75.4 Å². The quantitative estimate of drug-likeness (QED) is 0.366. The molecule has 0 radical (unpaired) electrons. The van der Waals surface area contributed by atoms with Crippen molar-refractivity contribution in [2.75, 3.05) is 26.3 Å². The molecule has 1 aromatic carbocycles. The Morgan fingerprint density at radius 1 is 1.12 bits per heavy atom. The maximum atomic E-state index is 14.5. The van der Waals surface area contributed by atoms with Crippen molar-refractivity contribution in [1.82, 2.24) is 30.3 Å². The lowest BCUT2D eigenvalue weighted by Gasteiger charge is -2.49. The van der Waals surface area contributed by atoms with Gasteiger partial charge in [-0.3, -0.25) is 9.48 Å². The van der Waals surface area contributed by atoms with Crippen LogP contribution < -0.4 is 10.6 Å². The van der Waals surface area contributed by atoms with Crippen molar-refractivity contribution >= 4 is 23.0 Å². The zero-order chi connectivity index (χ0) is 30.4. The summed E-state index contributed by atoms with van der Waals surface area (Å²) in [6.07, 6.45) is 1.84. The van der Waals surface area contributed by atoms with Gasteiger partial charge in [-0.05, 0) is 62.3 Å². The number of aromatic nitrogens is 3. The van der Waals surface area contributed by atoms with Crippen LogP contribution in [0.2, 0.25) is 0 Å². The van der Waals surface area contributed by atoms with Crippen LogP contribution in [0.5, 0.6) is 0 Å². The number of carbonyl (C=O) groups excluding carboxylic acids is 2. The van der Waals surface area contributed by atoms with Gasteiger partial charge in [-0.1, -0.05) is 6.07 Å². The third kappa shape index (κ3) is 5.68. The first kappa shape index (κ1) is 29.4. The molecule has 3 aromatic rings. The normalized spacial score (nSPS) is 22.7. The summed E-state index contributed by atoms with van der Waals surface area (Å²) in [5.41, 5.74) is 0.668. The number of fused-ring (bicyclic) bond motifs is 1. The van der Waals surface area contributed by atoms with E-state index in [4.69, 9.17) is 14.1 Å². The molecular formula is C29H34F4N6O4. The Labute approximate surface area is 245 Å². The van der Waals surface area contributed by atoms with Gasteiger partial charge in [0.2, 0.25) is 11.8 Å². The molecule has 0 unspecified atom stereocenters. The molecule has 0 spiro atoms. The molecule has 2 aromatic heterocycles. The van der Waals surface area contributed by atoms with Crippen LogP contribution in [0.3, 0.4) is 0 Å². The van der Waals surface area contributed by atoms with Gasteiger partial charge in [-0.2, -0.15) is 5.10 Å². The predicted molar refractivity (Wildman–Crippen MR) is 146 cm³/mol. The molecule has 1 atom stereocenters. The average molecular weight is 607 g/mol. The molecule has 2 N–H and O–H groups in total. The van der Waals surface area contributed by atoms with Crippen LogP contribution >= 0.6 is 0 Å². The molecule has 6 rings (SSSR count). The number of amides is 3. The van der Waals surface area contributed by atoms with E-state index in [0.717, 1.165) is 0 Å². The molecule has 3 aliphatic rings. The Morgan fingerprint density at radius 3 is 2.58 bits per heavy atom. The zero-order valence-electron chi connectivity index (χ0n) is 23.8. The minimum Gasteiger partial charge on any atom is -0.438 e. The first-order valence-electron chi connectivity index (χ1n) is 14.6. The number of rotatable bonds is 7. The molecule has 2 aliphatic heterocycles. The average Bonchev–Trinajstić information content (AvgIpc) is 3.64. The Bertz CT molecular complexity index is 1490. The van der Waals surface area contributed by atoms with Gasteiger partial charge in [-0.15, -0.1) is 0 Å². The highest BCUT2D eigenvalue weighted by atomic mass is 19.3. The summed E-state index contributed by atoms with van der Waals surface area (Å²) in [6, 6.07) is 5.33. The molecule has 4 heterocycles. The number of ether oxygens (including phenoxy) is 1. The van der Waals surface area contributed by atoms with Gasteiger partial charge in [0.1, 0.15) is 17.3 Å². The Kier molecular flexibility index (Phi) is 7.59. The molecule has 10 nitrogen and oxygen atoms in total. The molecule has 3 amide bonds. The smallest absolute Gasteiger partial charge is 0.318 e. The first-order valence-corrected chi connectivity index (χ1v) is 14.6. The number of nitrogens with zero attached hydrogens (tertiary/aromatic N) is 4. The number of hydrogen-bond acceptors (Lipinski definition) is 6. The van der Waals surface area contributed by atoms with Gasteiger partial charge in [0, 0.05) is 38.8 Å². The van der Waals surface area contributed by atoms with Crippen molar-refractivity contribution in [3.05, 3.63) is 47.6 Å². The standard InChI is InChI=1S/C29H34F4N6O4/c1-2-39-21(7-12-35-39)24(40)37-23(18-5-8-28(30,31)9-6-18)25-36-20-15-19(3-4-22(20)43-25)27(10-13-42-14-11-27)38-17-29(32,33)16-34-26(38)41/h3-4,7,12,15,18,23H,2,5-6,8-11,13-14,16-17H2,1H3,(H,34,41)(H,37,40)/t23-/m0/s1. The highest BCUT2D eigenvalue weighted by molar-refractivity contribution is 5.92. The van der Waals surface area contributed by atoms with Crippen LogP contribution in [0.15, 0.2) is 34.9 Å². The number of oxazole rings is 1. The van der Waals surface area contributed by atoms with Gasteiger partial charge in [-0.25, -0.2) is 27.3 Å². The second-order valence-corrected chi connectivity index (χ2v) is 11.7. The maximum absolute atomic E-state index is 14.5. The molecule has 43 heavy (non-hydrogen) atoms. The third-order valence-corrected chi connectivity index (χ3v) is 8.95. The lowest BCUT2D eigenvalue weighted by molar-refractivity contribution is -0.0868. The Hall–Kier alpha value is -3.68. The Morgan fingerprint density at radius 2 is 1.86 bits per heavy atom.